The summed E-state index contributed by atoms with van der Waals surface area (Å²) in [5.74, 6) is 5.26. The Hall–Kier alpha value is -1.83. The Labute approximate surface area is 109 Å². The van der Waals surface area contributed by atoms with E-state index in [9.17, 15) is 4.39 Å². The van der Waals surface area contributed by atoms with Gasteiger partial charge >= 0.3 is 0 Å². The molecule has 4 heteroatoms. The number of halogens is 1. The van der Waals surface area contributed by atoms with E-state index in [-0.39, 0.29) is 24.8 Å². The summed E-state index contributed by atoms with van der Waals surface area (Å²) in [6.45, 7) is 0.0947. The van der Waals surface area contributed by atoms with Gasteiger partial charge in [-0.05, 0) is 23.6 Å². The molecule has 0 amide bonds. The van der Waals surface area contributed by atoms with Crippen LogP contribution in [-0.4, -0.2) is 11.7 Å². The molecule has 0 saturated carbocycles. The van der Waals surface area contributed by atoms with Crippen molar-refractivity contribution in [2.75, 3.05) is 6.61 Å². The van der Waals surface area contributed by atoms with Gasteiger partial charge in [0.1, 0.15) is 13.2 Å². The van der Waals surface area contributed by atoms with Crippen molar-refractivity contribution in [2.45, 2.75) is 6.61 Å². The van der Waals surface area contributed by atoms with Crippen molar-refractivity contribution in [1.82, 2.24) is 0 Å². The second-order valence-corrected chi connectivity index (χ2v) is 4.44. The van der Waals surface area contributed by atoms with Gasteiger partial charge < -0.3 is 9.84 Å². The first-order valence-corrected chi connectivity index (χ1v) is 6.22. The fourth-order valence-electron chi connectivity index (χ4n) is 1.40. The van der Waals surface area contributed by atoms with Gasteiger partial charge in [0, 0.05) is 5.56 Å². The highest BCUT2D eigenvalue weighted by Gasteiger charge is 2.05. The molecule has 0 radical (unpaired) electrons. The lowest BCUT2D eigenvalue weighted by Gasteiger charge is -2.05. The fraction of sp³-hybridized carbons (Fsp3) is 0.143. The van der Waals surface area contributed by atoms with Gasteiger partial charge in [-0.15, -0.1) is 11.3 Å². The summed E-state index contributed by atoms with van der Waals surface area (Å²) in [5, 5.41) is 10.5. The first kappa shape index (κ1) is 12.6. The van der Waals surface area contributed by atoms with Crippen LogP contribution < -0.4 is 4.74 Å². The van der Waals surface area contributed by atoms with Crippen molar-refractivity contribution >= 4 is 11.3 Å². The van der Waals surface area contributed by atoms with Crippen LogP contribution in [0.25, 0.3) is 0 Å². The zero-order chi connectivity index (χ0) is 12.8. The Bertz CT molecular complexity index is 581. The van der Waals surface area contributed by atoms with E-state index >= 15 is 0 Å². The third-order valence-electron chi connectivity index (χ3n) is 2.24. The lowest BCUT2D eigenvalue weighted by molar-refractivity contribution is 0.293. The van der Waals surface area contributed by atoms with Crippen LogP contribution in [0.5, 0.6) is 5.75 Å². The molecular formula is C14H11FO2S. The van der Waals surface area contributed by atoms with E-state index in [2.05, 4.69) is 11.8 Å². The molecule has 1 heterocycles. The minimum absolute atomic E-state index is 0.177. The topological polar surface area (TPSA) is 29.5 Å². The molecule has 18 heavy (non-hydrogen) atoms. The third-order valence-corrected chi connectivity index (χ3v) is 3.14. The average molecular weight is 262 g/mol. The lowest BCUT2D eigenvalue weighted by atomic mass is 10.2. The molecule has 1 N–H and O–H groups in total. The molecule has 2 rings (SSSR count). The Morgan fingerprint density at radius 2 is 2.11 bits per heavy atom. The van der Waals surface area contributed by atoms with Crippen LogP contribution in [0.4, 0.5) is 4.39 Å². The summed E-state index contributed by atoms with van der Waals surface area (Å²) >= 11 is 1.49. The average Bonchev–Trinajstić information content (AvgIpc) is 2.83. The SMILES string of the molecule is OCC#Cc1ccsc1COc1ccccc1F. The predicted octanol–water partition coefficient (Wildman–Crippen LogP) is 2.81. The number of aliphatic hydroxyl groups excluding tert-OH is 1. The monoisotopic (exact) mass is 262 g/mol. The molecule has 0 saturated heterocycles. The van der Waals surface area contributed by atoms with Crippen molar-refractivity contribution in [1.29, 1.82) is 0 Å². The number of rotatable bonds is 3. The summed E-state index contributed by atoms with van der Waals surface area (Å²) in [7, 11) is 0. The number of thiophene rings is 1. The van der Waals surface area contributed by atoms with E-state index in [1.807, 2.05) is 11.4 Å². The van der Waals surface area contributed by atoms with E-state index in [1.165, 1.54) is 17.4 Å². The van der Waals surface area contributed by atoms with E-state index in [0.717, 1.165) is 10.4 Å². The maximum absolute atomic E-state index is 13.3. The Morgan fingerprint density at radius 3 is 2.89 bits per heavy atom. The number of para-hydroxylation sites is 1. The van der Waals surface area contributed by atoms with Crippen molar-refractivity contribution in [2.24, 2.45) is 0 Å². The Kier molecular flexibility index (Phi) is 4.35. The third kappa shape index (κ3) is 3.10. The molecule has 1 aromatic carbocycles. The molecule has 1 aromatic heterocycles. The van der Waals surface area contributed by atoms with Crippen LogP contribution in [0, 0.1) is 17.7 Å². The van der Waals surface area contributed by atoms with E-state index < -0.39 is 0 Å². The molecule has 0 aliphatic heterocycles. The zero-order valence-corrected chi connectivity index (χ0v) is 10.3. The van der Waals surface area contributed by atoms with E-state index in [0.29, 0.717) is 0 Å². The molecule has 2 aromatic rings. The molecule has 92 valence electrons. The maximum atomic E-state index is 13.3. The van der Waals surface area contributed by atoms with Crippen molar-refractivity contribution in [3.05, 3.63) is 52.0 Å². The van der Waals surface area contributed by atoms with Crippen LogP contribution in [0.15, 0.2) is 35.7 Å². The number of benzene rings is 1. The van der Waals surface area contributed by atoms with Crippen molar-refractivity contribution < 1.29 is 14.2 Å². The lowest BCUT2D eigenvalue weighted by Crippen LogP contribution is -1.96. The Balaban J connectivity index is 2.07. The van der Waals surface area contributed by atoms with Gasteiger partial charge in [0.2, 0.25) is 0 Å². The quantitative estimate of drug-likeness (QED) is 0.862. The highest BCUT2D eigenvalue weighted by Crippen LogP contribution is 2.21. The van der Waals surface area contributed by atoms with Gasteiger partial charge in [0.25, 0.3) is 0 Å². The number of hydrogen-bond acceptors (Lipinski definition) is 3. The van der Waals surface area contributed by atoms with Gasteiger partial charge in [0.15, 0.2) is 11.6 Å². The molecule has 0 atom stereocenters. The summed E-state index contributed by atoms with van der Waals surface area (Å²) in [5.41, 5.74) is 0.811. The molecule has 0 aliphatic rings. The molecule has 0 fully saturated rings. The Morgan fingerprint density at radius 1 is 1.28 bits per heavy atom. The second-order valence-electron chi connectivity index (χ2n) is 3.44. The van der Waals surface area contributed by atoms with Crippen molar-refractivity contribution in [3.8, 4) is 17.6 Å². The summed E-state index contributed by atoms with van der Waals surface area (Å²) in [4.78, 5) is 0.916. The van der Waals surface area contributed by atoms with Crippen LogP contribution >= 0.6 is 11.3 Å². The standard InChI is InChI=1S/C14H11FO2S/c15-12-5-1-2-6-13(12)17-10-14-11(4-3-8-16)7-9-18-14/h1-2,5-7,9,16H,8,10H2. The molecular weight excluding hydrogens is 251 g/mol. The smallest absolute Gasteiger partial charge is 0.165 e. The summed E-state index contributed by atoms with van der Waals surface area (Å²) in [6.07, 6.45) is 0. The molecule has 0 spiro atoms. The highest BCUT2D eigenvalue weighted by molar-refractivity contribution is 7.10. The van der Waals surface area contributed by atoms with Crippen LogP contribution in [0.1, 0.15) is 10.4 Å². The van der Waals surface area contributed by atoms with Crippen LogP contribution in [0.3, 0.4) is 0 Å². The van der Waals surface area contributed by atoms with Crippen LogP contribution in [-0.2, 0) is 6.61 Å². The molecule has 2 nitrogen and oxygen atoms in total. The maximum Gasteiger partial charge on any atom is 0.165 e. The predicted molar refractivity (Wildman–Crippen MR) is 69.0 cm³/mol. The second kappa shape index (κ2) is 6.20. The van der Waals surface area contributed by atoms with Gasteiger partial charge in [-0.1, -0.05) is 24.0 Å². The number of ether oxygens (including phenoxy) is 1. The zero-order valence-electron chi connectivity index (χ0n) is 9.52. The minimum atomic E-state index is -0.378. The first-order valence-electron chi connectivity index (χ1n) is 5.34. The summed E-state index contributed by atoms with van der Waals surface area (Å²) < 4.78 is 18.7. The van der Waals surface area contributed by atoms with Crippen molar-refractivity contribution in [3.63, 3.8) is 0 Å². The molecule has 0 aliphatic carbocycles. The minimum Gasteiger partial charge on any atom is -0.485 e. The van der Waals surface area contributed by atoms with E-state index in [4.69, 9.17) is 9.84 Å². The van der Waals surface area contributed by atoms with Gasteiger partial charge in [-0.25, -0.2) is 4.39 Å². The van der Waals surface area contributed by atoms with Gasteiger partial charge in [0.05, 0.1) is 4.88 Å². The van der Waals surface area contributed by atoms with Gasteiger partial charge in [-0.3, -0.25) is 0 Å². The first-order chi connectivity index (χ1) is 8.81. The largest absolute Gasteiger partial charge is 0.485 e. The van der Waals surface area contributed by atoms with Crippen LogP contribution in [0.2, 0.25) is 0 Å². The van der Waals surface area contributed by atoms with E-state index in [1.54, 1.807) is 18.2 Å². The molecule has 0 bridgehead atoms. The molecule has 0 unspecified atom stereocenters. The summed E-state index contributed by atoms with van der Waals surface area (Å²) in [6, 6.07) is 8.14. The highest BCUT2D eigenvalue weighted by atomic mass is 32.1. The normalized spacial score (nSPS) is 9.67. The fourth-order valence-corrected chi connectivity index (χ4v) is 2.15. The number of aliphatic hydroxyl groups is 1. The van der Waals surface area contributed by atoms with Gasteiger partial charge in [-0.2, -0.15) is 0 Å². The number of hydrogen-bond donors (Lipinski definition) is 1.